The number of phenolic OH excluding ortho intramolecular Hbond substituents is 3. The molecule has 0 heterocycles. The van der Waals surface area contributed by atoms with Crippen LogP contribution in [0, 0.1) is 6.42 Å². The number of benzene rings is 3. The molecule has 0 radical (unpaired) electrons. The molecule has 0 atom stereocenters. The summed E-state index contributed by atoms with van der Waals surface area (Å²) in [7, 11) is 0. The molecule has 3 aromatic rings. The van der Waals surface area contributed by atoms with Crippen molar-refractivity contribution >= 4 is 0 Å². The molecule has 0 spiro atoms. The van der Waals surface area contributed by atoms with Crippen LogP contribution in [0.4, 0.5) is 0 Å². The molecule has 0 saturated carbocycles. The second kappa shape index (κ2) is 18.1. The van der Waals surface area contributed by atoms with Crippen molar-refractivity contribution in [2.24, 2.45) is 0 Å². The molecule has 25 heavy (non-hydrogen) atoms. The quantitative estimate of drug-likeness (QED) is 0.365. The summed E-state index contributed by atoms with van der Waals surface area (Å²) in [6.07, 6.45) is 2.00. The number of hydrogen-bond acceptors (Lipinski definition) is 3. The minimum atomic E-state index is 0. The van der Waals surface area contributed by atoms with Crippen LogP contribution < -0.4 is 0 Å². The van der Waals surface area contributed by atoms with E-state index in [0.717, 1.165) is 0 Å². The maximum absolute atomic E-state index is 8.63. The predicted octanol–water partition coefficient (Wildman–Crippen LogP) is 5.40. The van der Waals surface area contributed by atoms with Crippen LogP contribution in [0.5, 0.6) is 17.2 Å². The van der Waals surface area contributed by atoms with Crippen molar-refractivity contribution in [1.29, 1.82) is 0 Å². The summed E-state index contributed by atoms with van der Waals surface area (Å²) in [5.41, 5.74) is 0. The van der Waals surface area contributed by atoms with Gasteiger partial charge < -0.3 is 21.7 Å². The van der Waals surface area contributed by atoms with Gasteiger partial charge in [-0.25, -0.2) is 0 Å². The van der Waals surface area contributed by atoms with Gasteiger partial charge in [-0.05, 0) is 36.4 Å². The van der Waals surface area contributed by atoms with Crippen LogP contribution >= 0.6 is 0 Å². The van der Waals surface area contributed by atoms with Gasteiger partial charge in [0.05, 0.1) is 0 Å². The molecule has 0 aliphatic heterocycles. The summed E-state index contributed by atoms with van der Waals surface area (Å²) in [6.45, 7) is 4.00. The Balaban J connectivity index is 0. The fraction of sp³-hybridized carbons (Fsp3) is 0.0952. The Kier molecular flexibility index (Phi) is 18.1. The second-order valence-electron chi connectivity index (χ2n) is 4.58. The van der Waals surface area contributed by atoms with Crippen LogP contribution in [0.2, 0.25) is 0 Å². The topological polar surface area (TPSA) is 60.7 Å². The molecule has 0 saturated heterocycles. The van der Waals surface area contributed by atoms with E-state index < -0.39 is 0 Å². The van der Waals surface area contributed by atoms with Gasteiger partial charge in [-0.1, -0.05) is 54.6 Å². The summed E-state index contributed by atoms with van der Waals surface area (Å²) in [5.74, 6) is 0.965. The summed E-state index contributed by atoms with van der Waals surface area (Å²) in [6, 6.07) is 26.1. The first-order valence-corrected chi connectivity index (χ1v) is 7.56. The van der Waals surface area contributed by atoms with E-state index in [4.69, 9.17) is 15.3 Å². The van der Waals surface area contributed by atoms with E-state index in [2.05, 4.69) is 0 Å². The molecular formula is C21H25O3Ti-. The van der Waals surface area contributed by atoms with Crippen molar-refractivity contribution in [3.8, 4) is 17.2 Å². The predicted molar refractivity (Wildman–Crippen MR) is 100.0 cm³/mol. The van der Waals surface area contributed by atoms with Crippen molar-refractivity contribution in [1.82, 2.24) is 0 Å². The molecule has 3 rings (SSSR count). The largest absolute Gasteiger partial charge is 0.508 e. The van der Waals surface area contributed by atoms with Crippen LogP contribution in [-0.2, 0) is 21.7 Å². The third kappa shape index (κ3) is 18.0. The summed E-state index contributed by atoms with van der Waals surface area (Å²) >= 11 is 0. The first-order chi connectivity index (χ1) is 11.6. The molecule has 132 valence electrons. The Morgan fingerprint density at radius 2 is 0.640 bits per heavy atom. The zero-order valence-electron chi connectivity index (χ0n) is 14.6. The fourth-order valence-electron chi connectivity index (χ4n) is 1.28. The van der Waals surface area contributed by atoms with Crippen molar-refractivity contribution < 1.29 is 37.0 Å². The first kappa shape index (κ1) is 25.0. The van der Waals surface area contributed by atoms with Gasteiger partial charge in [-0.15, -0.1) is 0 Å². The molecule has 3 aromatic carbocycles. The number of phenols is 3. The van der Waals surface area contributed by atoms with Gasteiger partial charge in [-0.3, -0.25) is 0 Å². The molecule has 0 amide bonds. The van der Waals surface area contributed by atoms with Crippen LogP contribution in [0.3, 0.4) is 0 Å². The molecule has 0 fully saturated rings. The van der Waals surface area contributed by atoms with Gasteiger partial charge in [0.2, 0.25) is 0 Å². The molecule has 0 bridgehead atoms. The monoisotopic (exact) mass is 373 g/mol. The zero-order chi connectivity index (χ0) is 18.0. The standard InChI is InChI=1S/3C6H6O.C3H7.Ti/c3*7-6-4-2-1-3-5-6;1-3-2;/h3*1-5,7H;3H,1-2H3;/q;;;-1;. The van der Waals surface area contributed by atoms with Crippen molar-refractivity contribution in [3.63, 3.8) is 0 Å². The van der Waals surface area contributed by atoms with E-state index in [1.54, 1.807) is 72.8 Å². The third-order valence-electron chi connectivity index (χ3n) is 2.27. The van der Waals surface area contributed by atoms with Gasteiger partial charge in [0, 0.05) is 21.7 Å². The van der Waals surface area contributed by atoms with E-state index in [0.29, 0.717) is 17.2 Å². The maximum Gasteiger partial charge on any atom is 0.115 e. The molecule has 4 heteroatoms. The van der Waals surface area contributed by atoms with E-state index >= 15 is 0 Å². The SMILES string of the molecule is C[CH-]C.Oc1ccccc1.Oc1ccccc1.Oc1ccccc1.[Ti]. The van der Waals surface area contributed by atoms with Gasteiger partial charge in [0.1, 0.15) is 17.2 Å². The molecule has 3 N–H and O–H groups in total. The Morgan fingerprint density at radius 1 is 0.480 bits per heavy atom. The first-order valence-electron chi connectivity index (χ1n) is 7.56. The average Bonchev–Trinajstić information content (AvgIpc) is 2.59. The van der Waals surface area contributed by atoms with E-state index in [1.165, 1.54) is 0 Å². The smallest absolute Gasteiger partial charge is 0.115 e. The minimum Gasteiger partial charge on any atom is -0.508 e. The molecule has 0 unspecified atom stereocenters. The Hall–Kier alpha value is -2.23. The number of para-hydroxylation sites is 3. The van der Waals surface area contributed by atoms with Crippen LogP contribution in [0.25, 0.3) is 0 Å². The zero-order valence-corrected chi connectivity index (χ0v) is 16.1. The minimum absolute atomic E-state index is 0. The fourth-order valence-corrected chi connectivity index (χ4v) is 1.28. The molecular weight excluding hydrogens is 348 g/mol. The van der Waals surface area contributed by atoms with Crippen LogP contribution in [0.15, 0.2) is 91.0 Å². The summed E-state index contributed by atoms with van der Waals surface area (Å²) < 4.78 is 0. The van der Waals surface area contributed by atoms with Crippen molar-refractivity contribution in [2.75, 3.05) is 0 Å². The Morgan fingerprint density at radius 3 is 0.720 bits per heavy atom. The number of aromatic hydroxyl groups is 3. The van der Waals surface area contributed by atoms with Crippen LogP contribution in [0.1, 0.15) is 13.8 Å². The Bertz CT molecular complexity index is 513. The van der Waals surface area contributed by atoms with Gasteiger partial charge in [0.15, 0.2) is 0 Å². The van der Waals surface area contributed by atoms with E-state index in [9.17, 15) is 0 Å². The van der Waals surface area contributed by atoms with E-state index in [-0.39, 0.29) is 21.7 Å². The van der Waals surface area contributed by atoms with Crippen molar-refractivity contribution in [2.45, 2.75) is 13.8 Å². The van der Waals surface area contributed by atoms with Crippen LogP contribution in [-0.4, -0.2) is 15.3 Å². The third-order valence-corrected chi connectivity index (χ3v) is 2.27. The normalized spacial score (nSPS) is 7.92. The summed E-state index contributed by atoms with van der Waals surface area (Å²) in [4.78, 5) is 0. The van der Waals surface area contributed by atoms with Crippen molar-refractivity contribution in [3.05, 3.63) is 97.4 Å². The molecule has 0 aliphatic rings. The summed E-state index contributed by atoms with van der Waals surface area (Å²) in [5, 5.41) is 25.9. The average molecular weight is 373 g/mol. The molecule has 0 aliphatic carbocycles. The molecule has 0 aromatic heterocycles. The van der Waals surface area contributed by atoms with Gasteiger partial charge >= 0.3 is 0 Å². The van der Waals surface area contributed by atoms with Gasteiger partial charge in [0.25, 0.3) is 0 Å². The molecule has 3 nitrogen and oxygen atoms in total. The second-order valence-corrected chi connectivity index (χ2v) is 4.58. The van der Waals surface area contributed by atoms with E-state index in [1.807, 2.05) is 38.5 Å². The maximum atomic E-state index is 8.63. The number of rotatable bonds is 0. The Labute approximate surface area is 165 Å². The van der Waals surface area contributed by atoms with Gasteiger partial charge in [-0.2, -0.15) is 13.8 Å². The number of hydrogen-bond donors (Lipinski definition) is 3.